The monoisotopic (exact) mass is 231 g/mol. The summed E-state index contributed by atoms with van der Waals surface area (Å²) in [5, 5.41) is 3.28. The number of imidazole rings is 1. The van der Waals surface area contributed by atoms with Gasteiger partial charge in [-0.25, -0.2) is 15.0 Å². The van der Waals surface area contributed by atoms with E-state index in [4.69, 9.17) is 0 Å². The molecule has 2 rings (SSSR count). The van der Waals surface area contributed by atoms with Crippen molar-refractivity contribution in [3.05, 3.63) is 36.3 Å². The Morgan fingerprint density at radius 1 is 1.29 bits per heavy atom. The van der Waals surface area contributed by atoms with Crippen LogP contribution in [0.15, 0.2) is 24.8 Å². The molecule has 0 saturated heterocycles. The molecule has 5 nitrogen and oxygen atoms in total. The molecule has 0 bridgehead atoms. The van der Waals surface area contributed by atoms with Crippen LogP contribution in [0.1, 0.15) is 18.4 Å². The van der Waals surface area contributed by atoms with Gasteiger partial charge in [-0.3, -0.25) is 0 Å². The minimum absolute atomic E-state index is 0.833. The minimum atomic E-state index is 0.833. The lowest BCUT2D eigenvalue weighted by Gasteiger charge is -2.08. The van der Waals surface area contributed by atoms with E-state index < -0.39 is 0 Å². The smallest absolute Gasteiger partial charge is 0.129 e. The third-order valence-electron chi connectivity index (χ3n) is 2.58. The summed E-state index contributed by atoms with van der Waals surface area (Å²) in [5.41, 5.74) is 0.972. The summed E-state index contributed by atoms with van der Waals surface area (Å²) in [4.78, 5) is 12.5. The standard InChI is InChI=1S/C12H17N5/c1-3-12-14-5-7-17(12)6-4-13-11-8-10(2)15-9-16-11/h5,7-9H,3-4,6H2,1-2H3,(H,13,15,16). The van der Waals surface area contributed by atoms with Gasteiger partial charge in [-0.15, -0.1) is 0 Å². The van der Waals surface area contributed by atoms with Crippen molar-refractivity contribution in [3.63, 3.8) is 0 Å². The largest absolute Gasteiger partial charge is 0.368 e. The van der Waals surface area contributed by atoms with Crippen molar-refractivity contribution in [3.8, 4) is 0 Å². The van der Waals surface area contributed by atoms with Crippen molar-refractivity contribution in [1.29, 1.82) is 0 Å². The van der Waals surface area contributed by atoms with E-state index in [0.717, 1.165) is 36.8 Å². The summed E-state index contributed by atoms with van der Waals surface area (Å²) in [6, 6.07) is 1.94. The van der Waals surface area contributed by atoms with E-state index in [0.29, 0.717) is 0 Å². The van der Waals surface area contributed by atoms with Crippen LogP contribution in [0.2, 0.25) is 0 Å². The zero-order valence-corrected chi connectivity index (χ0v) is 10.2. The average molecular weight is 231 g/mol. The highest BCUT2D eigenvalue weighted by Crippen LogP contribution is 2.03. The van der Waals surface area contributed by atoms with Gasteiger partial charge in [0, 0.05) is 43.7 Å². The quantitative estimate of drug-likeness (QED) is 0.850. The molecule has 0 atom stereocenters. The first kappa shape index (κ1) is 11.6. The van der Waals surface area contributed by atoms with E-state index in [9.17, 15) is 0 Å². The van der Waals surface area contributed by atoms with Gasteiger partial charge in [-0.05, 0) is 6.92 Å². The second kappa shape index (κ2) is 5.43. The van der Waals surface area contributed by atoms with Crippen LogP contribution in [0, 0.1) is 6.92 Å². The van der Waals surface area contributed by atoms with Gasteiger partial charge in [0.15, 0.2) is 0 Å². The number of rotatable bonds is 5. The Morgan fingerprint density at radius 3 is 2.94 bits per heavy atom. The molecule has 2 aromatic heterocycles. The van der Waals surface area contributed by atoms with E-state index in [-0.39, 0.29) is 0 Å². The molecule has 2 heterocycles. The maximum absolute atomic E-state index is 4.28. The fraction of sp³-hybridized carbons (Fsp3) is 0.417. The molecule has 0 unspecified atom stereocenters. The predicted octanol–water partition coefficient (Wildman–Crippen LogP) is 1.66. The van der Waals surface area contributed by atoms with Crippen LogP contribution in [-0.2, 0) is 13.0 Å². The van der Waals surface area contributed by atoms with Gasteiger partial charge in [0.05, 0.1) is 0 Å². The lowest BCUT2D eigenvalue weighted by Crippen LogP contribution is -2.13. The van der Waals surface area contributed by atoms with E-state index in [1.165, 1.54) is 0 Å². The van der Waals surface area contributed by atoms with Gasteiger partial charge in [-0.1, -0.05) is 6.92 Å². The Hall–Kier alpha value is -1.91. The number of hydrogen-bond acceptors (Lipinski definition) is 4. The van der Waals surface area contributed by atoms with Crippen molar-refractivity contribution in [2.24, 2.45) is 0 Å². The first-order chi connectivity index (χ1) is 8.29. The van der Waals surface area contributed by atoms with Crippen molar-refractivity contribution in [2.45, 2.75) is 26.8 Å². The number of nitrogens with one attached hydrogen (secondary N) is 1. The molecule has 0 aromatic carbocycles. The number of nitrogens with zero attached hydrogens (tertiary/aromatic N) is 4. The van der Waals surface area contributed by atoms with Crippen LogP contribution in [0.5, 0.6) is 0 Å². The Kier molecular flexibility index (Phi) is 3.69. The van der Waals surface area contributed by atoms with Gasteiger partial charge in [-0.2, -0.15) is 0 Å². The molecule has 2 aromatic rings. The summed E-state index contributed by atoms with van der Waals surface area (Å²) >= 11 is 0. The maximum Gasteiger partial charge on any atom is 0.129 e. The first-order valence-corrected chi connectivity index (χ1v) is 5.82. The number of aromatic nitrogens is 4. The third kappa shape index (κ3) is 3.03. The minimum Gasteiger partial charge on any atom is -0.368 e. The van der Waals surface area contributed by atoms with Gasteiger partial charge in [0.2, 0.25) is 0 Å². The predicted molar refractivity (Wildman–Crippen MR) is 66.9 cm³/mol. The van der Waals surface area contributed by atoms with E-state index in [2.05, 4.69) is 31.8 Å². The Labute approximate surface area is 101 Å². The average Bonchev–Trinajstić information content (AvgIpc) is 2.77. The first-order valence-electron chi connectivity index (χ1n) is 5.82. The highest BCUT2D eigenvalue weighted by Gasteiger charge is 1.99. The molecule has 1 N–H and O–H groups in total. The summed E-state index contributed by atoms with van der Waals surface area (Å²) in [6.45, 7) is 5.80. The van der Waals surface area contributed by atoms with Crippen LogP contribution < -0.4 is 5.32 Å². The Morgan fingerprint density at radius 2 is 2.18 bits per heavy atom. The lowest BCUT2D eigenvalue weighted by atomic mass is 10.4. The molecule has 0 radical (unpaired) electrons. The zero-order chi connectivity index (χ0) is 12.1. The number of hydrogen-bond donors (Lipinski definition) is 1. The van der Waals surface area contributed by atoms with Gasteiger partial charge >= 0.3 is 0 Å². The molecule has 90 valence electrons. The second-order valence-electron chi connectivity index (χ2n) is 3.86. The van der Waals surface area contributed by atoms with Crippen LogP contribution in [0.4, 0.5) is 5.82 Å². The van der Waals surface area contributed by atoms with Gasteiger partial charge in [0.25, 0.3) is 0 Å². The van der Waals surface area contributed by atoms with Crippen LogP contribution >= 0.6 is 0 Å². The van der Waals surface area contributed by atoms with Gasteiger partial charge in [0.1, 0.15) is 18.0 Å². The normalized spacial score (nSPS) is 10.5. The highest BCUT2D eigenvalue weighted by molar-refractivity contribution is 5.34. The molecule has 17 heavy (non-hydrogen) atoms. The lowest BCUT2D eigenvalue weighted by molar-refractivity contribution is 0.679. The second-order valence-corrected chi connectivity index (χ2v) is 3.86. The van der Waals surface area contributed by atoms with Crippen LogP contribution in [-0.4, -0.2) is 26.1 Å². The van der Waals surface area contributed by atoms with E-state index in [1.54, 1.807) is 6.33 Å². The summed E-state index contributed by atoms with van der Waals surface area (Å²) in [5.74, 6) is 1.99. The maximum atomic E-state index is 4.28. The molecule has 0 amide bonds. The van der Waals surface area contributed by atoms with Crippen molar-refractivity contribution in [2.75, 3.05) is 11.9 Å². The van der Waals surface area contributed by atoms with E-state index >= 15 is 0 Å². The fourth-order valence-corrected chi connectivity index (χ4v) is 1.71. The highest BCUT2D eigenvalue weighted by atomic mass is 15.1. The summed E-state index contributed by atoms with van der Waals surface area (Å²) in [7, 11) is 0. The molecule has 0 saturated carbocycles. The number of aryl methyl sites for hydroxylation is 2. The molecule has 0 aliphatic carbocycles. The molecular weight excluding hydrogens is 214 g/mol. The summed E-state index contributed by atoms with van der Waals surface area (Å²) in [6.07, 6.45) is 6.38. The number of anilines is 1. The third-order valence-corrected chi connectivity index (χ3v) is 2.58. The SMILES string of the molecule is CCc1nccn1CCNc1cc(C)ncn1. The molecule has 0 aliphatic rings. The molecular formula is C12H17N5. The van der Waals surface area contributed by atoms with Gasteiger partial charge < -0.3 is 9.88 Å². The van der Waals surface area contributed by atoms with E-state index in [1.807, 2.05) is 25.4 Å². The molecule has 0 spiro atoms. The Balaban J connectivity index is 1.87. The topological polar surface area (TPSA) is 55.6 Å². The van der Waals surface area contributed by atoms with Crippen molar-refractivity contribution in [1.82, 2.24) is 19.5 Å². The van der Waals surface area contributed by atoms with Crippen LogP contribution in [0.25, 0.3) is 0 Å². The molecule has 5 heteroatoms. The fourth-order valence-electron chi connectivity index (χ4n) is 1.71. The Bertz CT molecular complexity index is 477. The van der Waals surface area contributed by atoms with Crippen molar-refractivity contribution >= 4 is 5.82 Å². The van der Waals surface area contributed by atoms with Crippen LogP contribution in [0.3, 0.4) is 0 Å². The van der Waals surface area contributed by atoms with Crippen molar-refractivity contribution < 1.29 is 0 Å². The summed E-state index contributed by atoms with van der Waals surface area (Å²) < 4.78 is 2.15. The molecule has 0 aliphatic heterocycles. The zero-order valence-electron chi connectivity index (χ0n) is 10.2. The molecule has 0 fully saturated rings.